The van der Waals surface area contributed by atoms with Crippen LogP contribution in [0.15, 0.2) is 48.8 Å². The van der Waals surface area contributed by atoms with E-state index in [4.69, 9.17) is 5.73 Å². The summed E-state index contributed by atoms with van der Waals surface area (Å²) in [4.78, 5) is 6.50. The number of rotatable bonds is 5. The van der Waals surface area contributed by atoms with Crippen LogP contribution < -0.4 is 10.6 Å². The number of nitrogens with zero attached hydrogens (tertiary/aromatic N) is 2. The van der Waals surface area contributed by atoms with Crippen LogP contribution in [-0.2, 0) is 6.54 Å². The Labute approximate surface area is 108 Å². The van der Waals surface area contributed by atoms with Gasteiger partial charge in [-0.25, -0.2) is 0 Å². The fourth-order valence-corrected chi connectivity index (χ4v) is 1.97. The van der Waals surface area contributed by atoms with E-state index in [-0.39, 0.29) is 0 Å². The van der Waals surface area contributed by atoms with Crippen LogP contribution >= 0.6 is 0 Å². The molecule has 2 N–H and O–H groups in total. The van der Waals surface area contributed by atoms with E-state index in [1.807, 2.05) is 24.4 Å². The summed E-state index contributed by atoms with van der Waals surface area (Å²) in [5.74, 6) is 0. The molecule has 0 saturated heterocycles. The van der Waals surface area contributed by atoms with E-state index < -0.39 is 0 Å². The highest BCUT2D eigenvalue weighted by atomic mass is 15.1. The van der Waals surface area contributed by atoms with Crippen LogP contribution in [0.25, 0.3) is 0 Å². The van der Waals surface area contributed by atoms with Crippen LogP contribution in [0, 0.1) is 0 Å². The zero-order chi connectivity index (χ0) is 12.8. The van der Waals surface area contributed by atoms with Crippen molar-refractivity contribution in [1.82, 2.24) is 4.98 Å². The summed E-state index contributed by atoms with van der Waals surface area (Å²) < 4.78 is 0. The van der Waals surface area contributed by atoms with Gasteiger partial charge in [-0.2, -0.15) is 0 Å². The number of pyridine rings is 1. The van der Waals surface area contributed by atoms with Crippen LogP contribution in [0.1, 0.15) is 18.9 Å². The average Bonchev–Trinajstić information content (AvgIpc) is 2.40. The Bertz CT molecular complexity index is 465. The van der Waals surface area contributed by atoms with Gasteiger partial charge in [0.25, 0.3) is 0 Å². The lowest BCUT2D eigenvalue weighted by Gasteiger charge is -2.24. The first-order chi connectivity index (χ1) is 8.79. The number of benzene rings is 1. The molecule has 0 aliphatic heterocycles. The lowest BCUT2D eigenvalue weighted by Crippen LogP contribution is -2.23. The molecule has 0 aliphatic carbocycles. The third-order valence-corrected chi connectivity index (χ3v) is 2.85. The van der Waals surface area contributed by atoms with E-state index >= 15 is 0 Å². The Morgan fingerprint density at radius 2 is 1.94 bits per heavy atom. The molecule has 1 heterocycles. The molecular weight excluding hydrogens is 222 g/mol. The number of nitrogen functional groups attached to an aromatic ring is 1. The molecule has 1 aromatic heterocycles. The highest BCUT2D eigenvalue weighted by Gasteiger charge is 2.06. The smallest absolute Gasteiger partial charge is 0.0444 e. The van der Waals surface area contributed by atoms with Crippen molar-refractivity contribution in [2.24, 2.45) is 0 Å². The van der Waals surface area contributed by atoms with Crippen molar-refractivity contribution in [3.8, 4) is 0 Å². The number of hydrogen-bond donors (Lipinski definition) is 1. The van der Waals surface area contributed by atoms with Gasteiger partial charge >= 0.3 is 0 Å². The molecule has 0 atom stereocenters. The molecule has 3 nitrogen and oxygen atoms in total. The first-order valence-corrected chi connectivity index (χ1v) is 6.29. The van der Waals surface area contributed by atoms with E-state index in [1.165, 1.54) is 11.3 Å². The Balaban J connectivity index is 2.15. The zero-order valence-electron chi connectivity index (χ0n) is 10.7. The molecule has 1 aromatic carbocycles. The number of aromatic nitrogens is 1. The van der Waals surface area contributed by atoms with Crippen LogP contribution in [0.4, 0.5) is 11.4 Å². The van der Waals surface area contributed by atoms with Crippen molar-refractivity contribution in [3.05, 3.63) is 54.4 Å². The van der Waals surface area contributed by atoms with E-state index in [1.54, 1.807) is 6.20 Å². The van der Waals surface area contributed by atoms with Gasteiger partial charge in [-0.1, -0.05) is 13.0 Å². The van der Waals surface area contributed by atoms with E-state index in [2.05, 4.69) is 35.0 Å². The van der Waals surface area contributed by atoms with Crippen molar-refractivity contribution in [3.63, 3.8) is 0 Å². The summed E-state index contributed by atoms with van der Waals surface area (Å²) in [6.07, 6.45) is 4.83. The second-order valence-electron chi connectivity index (χ2n) is 4.37. The van der Waals surface area contributed by atoms with Crippen molar-refractivity contribution in [2.45, 2.75) is 19.9 Å². The molecule has 0 saturated carbocycles. The predicted molar refractivity (Wildman–Crippen MR) is 76.4 cm³/mol. The molecule has 0 unspecified atom stereocenters. The third-order valence-electron chi connectivity index (χ3n) is 2.85. The van der Waals surface area contributed by atoms with Crippen molar-refractivity contribution >= 4 is 11.4 Å². The van der Waals surface area contributed by atoms with Crippen LogP contribution in [-0.4, -0.2) is 11.5 Å². The van der Waals surface area contributed by atoms with Gasteiger partial charge in [0, 0.05) is 36.9 Å². The maximum Gasteiger partial charge on any atom is 0.0444 e. The molecule has 0 amide bonds. The molecule has 0 spiro atoms. The molecule has 0 fully saturated rings. The van der Waals surface area contributed by atoms with Gasteiger partial charge in [0.15, 0.2) is 0 Å². The molecule has 0 bridgehead atoms. The molecule has 18 heavy (non-hydrogen) atoms. The van der Waals surface area contributed by atoms with Gasteiger partial charge in [0.1, 0.15) is 0 Å². The van der Waals surface area contributed by atoms with Crippen molar-refractivity contribution in [1.29, 1.82) is 0 Å². The SMILES string of the molecule is CCCN(Cc1cccnc1)c1ccc(N)cc1. The zero-order valence-corrected chi connectivity index (χ0v) is 10.7. The van der Waals surface area contributed by atoms with Crippen LogP contribution in [0.3, 0.4) is 0 Å². The van der Waals surface area contributed by atoms with E-state index in [0.29, 0.717) is 0 Å². The summed E-state index contributed by atoms with van der Waals surface area (Å²) >= 11 is 0. The molecule has 94 valence electrons. The van der Waals surface area contributed by atoms with Crippen molar-refractivity contribution in [2.75, 3.05) is 17.2 Å². The second-order valence-corrected chi connectivity index (χ2v) is 4.37. The molecule has 0 aliphatic rings. The largest absolute Gasteiger partial charge is 0.399 e. The van der Waals surface area contributed by atoms with Gasteiger partial charge in [-0.3, -0.25) is 4.98 Å². The quantitative estimate of drug-likeness (QED) is 0.818. The third kappa shape index (κ3) is 3.23. The molecule has 2 aromatic rings. The standard InChI is InChI=1S/C15H19N3/c1-2-10-18(12-13-4-3-9-17-11-13)15-7-5-14(16)6-8-15/h3-9,11H,2,10,12,16H2,1H3. The maximum atomic E-state index is 5.72. The predicted octanol–water partition coefficient (Wildman–Crippen LogP) is 3.08. The minimum Gasteiger partial charge on any atom is -0.399 e. The van der Waals surface area contributed by atoms with Crippen LogP contribution in [0.5, 0.6) is 0 Å². The monoisotopic (exact) mass is 241 g/mol. The Morgan fingerprint density at radius 3 is 2.56 bits per heavy atom. The van der Waals surface area contributed by atoms with Crippen molar-refractivity contribution < 1.29 is 0 Å². The molecule has 2 rings (SSSR count). The van der Waals surface area contributed by atoms with Gasteiger partial charge in [0.05, 0.1) is 0 Å². The fourth-order valence-electron chi connectivity index (χ4n) is 1.97. The number of hydrogen-bond acceptors (Lipinski definition) is 3. The summed E-state index contributed by atoms with van der Waals surface area (Å²) in [6, 6.07) is 12.1. The minimum absolute atomic E-state index is 0.802. The van der Waals surface area contributed by atoms with E-state index in [9.17, 15) is 0 Å². The van der Waals surface area contributed by atoms with Gasteiger partial charge < -0.3 is 10.6 Å². The average molecular weight is 241 g/mol. The normalized spacial score (nSPS) is 10.3. The van der Waals surface area contributed by atoms with Gasteiger partial charge in [0.2, 0.25) is 0 Å². The van der Waals surface area contributed by atoms with E-state index in [0.717, 1.165) is 25.2 Å². The highest BCUT2D eigenvalue weighted by Crippen LogP contribution is 2.19. The fraction of sp³-hybridized carbons (Fsp3) is 0.267. The number of nitrogens with two attached hydrogens (primary N) is 1. The Morgan fingerprint density at radius 1 is 1.17 bits per heavy atom. The minimum atomic E-state index is 0.802. The Hall–Kier alpha value is -2.03. The maximum absolute atomic E-state index is 5.72. The van der Waals surface area contributed by atoms with Crippen LogP contribution in [0.2, 0.25) is 0 Å². The summed E-state index contributed by atoms with van der Waals surface area (Å²) in [5.41, 5.74) is 8.96. The Kier molecular flexibility index (Phi) is 4.18. The summed E-state index contributed by atoms with van der Waals surface area (Å²) in [7, 11) is 0. The summed E-state index contributed by atoms with van der Waals surface area (Å²) in [6.45, 7) is 4.10. The topological polar surface area (TPSA) is 42.2 Å². The molecule has 0 radical (unpaired) electrons. The van der Waals surface area contributed by atoms with Gasteiger partial charge in [-0.05, 0) is 42.3 Å². The molecular formula is C15H19N3. The first-order valence-electron chi connectivity index (χ1n) is 6.29. The number of anilines is 2. The first kappa shape index (κ1) is 12.4. The highest BCUT2D eigenvalue weighted by molar-refractivity contribution is 5.53. The molecule has 3 heteroatoms. The lowest BCUT2D eigenvalue weighted by molar-refractivity contribution is 0.765. The lowest BCUT2D eigenvalue weighted by atomic mass is 10.2. The second kappa shape index (κ2) is 6.05. The van der Waals surface area contributed by atoms with Gasteiger partial charge in [-0.15, -0.1) is 0 Å². The summed E-state index contributed by atoms with van der Waals surface area (Å²) in [5, 5.41) is 0.